The molecule has 5 rings (SSSR count). The molecule has 3 atom stereocenters. The number of carbonyl (C=O) groups is 1. The van der Waals surface area contributed by atoms with Gasteiger partial charge in [0.05, 0.1) is 38.0 Å². The van der Waals surface area contributed by atoms with Gasteiger partial charge >= 0.3 is 0 Å². The summed E-state index contributed by atoms with van der Waals surface area (Å²) in [5, 5.41) is 3.27. The van der Waals surface area contributed by atoms with E-state index in [9.17, 15) is 4.79 Å². The summed E-state index contributed by atoms with van der Waals surface area (Å²) in [5.74, 6) is 2.05. The Morgan fingerprint density at radius 2 is 1.94 bits per heavy atom. The first kappa shape index (κ1) is 23.1. The highest BCUT2D eigenvalue weighted by Gasteiger charge is 2.54. The van der Waals surface area contributed by atoms with Crippen LogP contribution in [0.1, 0.15) is 50.5 Å². The van der Waals surface area contributed by atoms with E-state index in [1.54, 1.807) is 13.3 Å². The van der Waals surface area contributed by atoms with E-state index >= 15 is 0 Å². The Bertz CT molecular complexity index is 979. The monoisotopic (exact) mass is 465 g/mol. The molecule has 0 unspecified atom stereocenters. The van der Waals surface area contributed by atoms with Crippen LogP contribution in [-0.4, -0.2) is 61.5 Å². The number of ether oxygens (including phenoxy) is 3. The zero-order chi connectivity index (χ0) is 23.5. The van der Waals surface area contributed by atoms with Gasteiger partial charge in [-0.05, 0) is 62.6 Å². The molecule has 3 fully saturated rings. The van der Waals surface area contributed by atoms with E-state index in [1.165, 1.54) is 5.56 Å². The smallest absolute Gasteiger partial charge is 0.246 e. The number of hydrogen-bond acceptors (Lipinski definition) is 6. The zero-order valence-corrected chi connectivity index (χ0v) is 20.1. The van der Waals surface area contributed by atoms with Crippen molar-refractivity contribution in [3.8, 4) is 5.75 Å². The van der Waals surface area contributed by atoms with Crippen LogP contribution in [0.15, 0.2) is 48.7 Å². The predicted octanol–water partition coefficient (Wildman–Crippen LogP) is 3.69. The topological polar surface area (TPSA) is 72.9 Å². The Balaban J connectivity index is 1.32. The standard InChI is InChI=1S/C27H35N3O4/c1-19-15-27(18-33-17-25(31)29-27)24(30(19)26-23(32-2)9-6-14-28-26)16-34-22-12-10-21(11-13-22)20-7-4-3-5-8-20/h3-9,14,19,21-22,24H,10-13,15-18H2,1-2H3,(H,29,31)/t19-,21?,22?,24+,27-/m1/s1. The molecule has 7 nitrogen and oxygen atoms in total. The van der Waals surface area contributed by atoms with E-state index in [-0.39, 0.29) is 30.7 Å². The van der Waals surface area contributed by atoms with Gasteiger partial charge in [0.2, 0.25) is 5.91 Å². The Morgan fingerprint density at radius 3 is 2.68 bits per heavy atom. The molecule has 0 radical (unpaired) electrons. The minimum absolute atomic E-state index is 0.0679. The maximum atomic E-state index is 12.4. The average molecular weight is 466 g/mol. The fourth-order valence-corrected chi connectivity index (χ4v) is 6.15. The highest BCUT2D eigenvalue weighted by molar-refractivity contribution is 5.79. The minimum atomic E-state index is -0.501. The van der Waals surface area contributed by atoms with Gasteiger partial charge in [-0.25, -0.2) is 4.98 Å². The van der Waals surface area contributed by atoms with E-state index in [0.29, 0.717) is 19.1 Å². The number of nitrogens with zero attached hydrogens (tertiary/aromatic N) is 2. The lowest BCUT2D eigenvalue weighted by atomic mass is 9.82. The summed E-state index contributed by atoms with van der Waals surface area (Å²) in [6.07, 6.45) is 7.15. The van der Waals surface area contributed by atoms with Crippen molar-refractivity contribution < 1.29 is 19.0 Å². The fourth-order valence-electron chi connectivity index (χ4n) is 6.15. The SMILES string of the molecule is COc1cccnc1N1[C@H](C)C[C@@]2(COCC(=O)N2)[C@@H]1COC1CCC(c2ccccc2)CC1. The Kier molecular flexibility index (Phi) is 6.75. The summed E-state index contributed by atoms with van der Waals surface area (Å²) in [6, 6.07) is 14.7. The lowest BCUT2D eigenvalue weighted by Gasteiger charge is -2.42. The first-order chi connectivity index (χ1) is 16.6. The van der Waals surface area contributed by atoms with Crippen molar-refractivity contribution >= 4 is 11.7 Å². The van der Waals surface area contributed by atoms with E-state index < -0.39 is 5.54 Å². The van der Waals surface area contributed by atoms with Crippen LogP contribution in [0.25, 0.3) is 0 Å². The van der Waals surface area contributed by atoms with Gasteiger partial charge in [0, 0.05) is 12.2 Å². The molecule has 182 valence electrons. The first-order valence-electron chi connectivity index (χ1n) is 12.4. The van der Waals surface area contributed by atoms with Gasteiger partial charge in [-0.1, -0.05) is 30.3 Å². The molecule has 1 aromatic carbocycles. The van der Waals surface area contributed by atoms with Crippen molar-refractivity contribution in [1.82, 2.24) is 10.3 Å². The molecule has 3 aliphatic rings. The van der Waals surface area contributed by atoms with Crippen LogP contribution in [0, 0.1) is 0 Å². The predicted molar refractivity (Wildman–Crippen MR) is 130 cm³/mol. The minimum Gasteiger partial charge on any atom is -0.493 e. The Labute approximate surface area is 201 Å². The quantitative estimate of drug-likeness (QED) is 0.702. The third-order valence-electron chi connectivity index (χ3n) is 7.74. The highest BCUT2D eigenvalue weighted by Crippen LogP contribution is 2.42. The molecule has 1 N–H and O–H groups in total. The number of nitrogens with one attached hydrogen (secondary N) is 1. The van der Waals surface area contributed by atoms with Crippen molar-refractivity contribution in [2.45, 2.75) is 68.7 Å². The van der Waals surface area contributed by atoms with Crippen LogP contribution in [-0.2, 0) is 14.3 Å². The largest absolute Gasteiger partial charge is 0.493 e. The van der Waals surface area contributed by atoms with Crippen molar-refractivity contribution in [3.63, 3.8) is 0 Å². The third kappa shape index (κ3) is 4.51. The molecule has 2 saturated heterocycles. The average Bonchev–Trinajstić information content (AvgIpc) is 3.12. The van der Waals surface area contributed by atoms with Gasteiger partial charge in [-0.15, -0.1) is 0 Å². The summed E-state index contributed by atoms with van der Waals surface area (Å²) in [4.78, 5) is 19.3. The Morgan fingerprint density at radius 1 is 1.15 bits per heavy atom. The van der Waals surface area contributed by atoms with Crippen molar-refractivity contribution in [1.29, 1.82) is 0 Å². The lowest BCUT2D eigenvalue weighted by Crippen LogP contribution is -2.64. The number of methoxy groups -OCH3 is 1. The number of hydrogen-bond donors (Lipinski definition) is 1. The van der Waals surface area contributed by atoms with E-state index in [1.807, 2.05) is 12.1 Å². The summed E-state index contributed by atoms with van der Waals surface area (Å²) in [7, 11) is 1.67. The summed E-state index contributed by atoms with van der Waals surface area (Å²) < 4.78 is 18.0. The second-order valence-corrected chi connectivity index (χ2v) is 9.92. The normalized spacial score (nSPS) is 31.5. The molecular weight excluding hydrogens is 430 g/mol. The van der Waals surface area contributed by atoms with E-state index in [4.69, 9.17) is 14.2 Å². The highest BCUT2D eigenvalue weighted by atomic mass is 16.5. The molecule has 7 heteroatoms. The number of pyridine rings is 1. The first-order valence-corrected chi connectivity index (χ1v) is 12.4. The molecule has 1 aliphatic carbocycles. The van der Waals surface area contributed by atoms with Gasteiger partial charge in [-0.3, -0.25) is 4.79 Å². The molecule has 3 heterocycles. The second-order valence-electron chi connectivity index (χ2n) is 9.92. The van der Waals surface area contributed by atoms with Gasteiger partial charge < -0.3 is 24.4 Å². The zero-order valence-electron chi connectivity index (χ0n) is 20.1. The summed E-state index contributed by atoms with van der Waals surface area (Å²) >= 11 is 0. The molecule has 1 aromatic heterocycles. The lowest BCUT2D eigenvalue weighted by molar-refractivity contribution is -0.136. The molecule has 34 heavy (non-hydrogen) atoms. The van der Waals surface area contributed by atoms with Crippen LogP contribution < -0.4 is 15.0 Å². The number of amides is 1. The van der Waals surface area contributed by atoms with Gasteiger partial charge in [-0.2, -0.15) is 0 Å². The molecule has 1 saturated carbocycles. The van der Waals surface area contributed by atoms with Crippen LogP contribution in [0.2, 0.25) is 0 Å². The number of benzene rings is 1. The third-order valence-corrected chi connectivity index (χ3v) is 7.74. The number of morpholine rings is 1. The number of aromatic nitrogens is 1. The van der Waals surface area contributed by atoms with Crippen LogP contribution >= 0.6 is 0 Å². The van der Waals surface area contributed by atoms with Crippen molar-refractivity contribution in [2.24, 2.45) is 0 Å². The van der Waals surface area contributed by atoms with Crippen LogP contribution in [0.4, 0.5) is 5.82 Å². The molecular formula is C27H35N3O4. The van der Waals surface area contributed by atoms with Gasteiger partial charge in [0.1, 0.15) is 6.61 Å². The fraction of sp³-hybridized carbons (Fsp3) is 0.556. The molecule has 1 spiro atoms. The number of carbonyl (C=O) groups excluding carboxylic acids is 1. The molecule has 0 bridgehead atoms. The number of rotatable bonds is 6. The van der Waals surface area contributed by atoms with E-state index in [2.05, 4.69) is 52.5 Å². The molecule has 1 amide bonds. The van der Waals surface area contributed by atoms with E-state index in [0.717, 1.165) is 43.7 Å². The number of anilines is 1. The van der Waals surface area contributed by atoms with Crippen molar-refractivity contribution in [2.75, 3.05) is 31.8 Å². The van der Waals surface area contributed by atoms with Gasteiger partial charge in [0.25, 0.3) is 0 Å². The molecule has 2 aliphatic heterocycles. The molecule has 2 aromatic rings. The maximum Gasteiger partial charge on any atom is 0.246 e. The summed E-state index contributed by atoms with van der Waals surface area (Å²) in [6.45, 7) is 3.26. The van der Waals surface area contributed by atoms with Gasteiger partial charge in [0.15, 0.2) is 11.6 Å². The Hall–Kier alpha value is -2.64. The second kappa shape index (κ2) is 9.92. The van der Waals surface area contributed by atoms with Crippen LogP contribution in [0.3, 0.4) is 0 Å². The summed E-state index contributed by atoms with van der Waals surface area (Å²) in [5.41, 5.74) is 0.929. The van der Waals surface area contributed by atoms with Crippen LogP contribution in [0.5, 0.6) is 5.75 Å². The maximum absolute atomic E-state index is 12.4. The van der Waals surface area contributed by atoms with Crippen molar-refractivity contribution in [3.05, 3.63) is 54.2 Å².